The second-order valence-corrected chi connectivity index (χ2v) is 5.43. The van der Waals surface area contributed by atoms with Gasteiger partial charge in [0.2, 0.25) is 5.54 Å². The van der Waals surface area contributed by atoms with Gasteiger partial charge in [-0.25, -0.2) is 4.98 Å². The number of pyridine rings is 1. The van der Waals surface area contributed by atoms with E-state index in [0.717, 1.165) is 5.56 Å². The Hall–Kier alpha value is -2.63. The Morgan fingerprint density at radius 2 is 2.27 bits per heavy atom. The molecule has 0 saturated carbocycles. The second kappa shape index (κ2) is 6.01. The van der Waals surface area contributed by atoms with Crippen molar-refractivity contribution in [2.45, 2.75) is 25.8 Å². The van der Waals surface area contributed by atoms with E-state index in [1.165, 1.54) is 7.11 Å². The van der Waals surface area contributed by atoms with Crippen LogP contribution in [0.2, 0.25) is 0 Å². The summed E-state index contributed by atoms with van der Waals surface area (Å²) in [4.78, 5) is 15.4. The molecule has 0 aromatic carbocycles. The lowest BCUT2D eigenvalue weighted by Crippen LogP contribution is -2.39. The van der Waals surface area contributed by atoms with Gasteiger partial charge < -0.3 is 10.1 Å². The molecule has 1 aromatic heterocycles. The van der Waals surface area contributed by atoms with Crippen molar-refractivity contribution in [1.82, 2.24) is 4.98 Å². The zero-order valence-electron chi connectivity index (χ0n) is 12.9. The highest BCUT2D eigenvalue weighted by Crippen LogP contribution is 2.35. The average Bonchev–Trinajstić information content (AvgIpc) is 2.49. The summed E-state index contributed by atoms with van der Waals surface area (Å²) in [5, 5.41) is 14.5. The molecule has 0 radical (unpaired) electrons. The van der Waals surface area contributed by atoms with Crippen LogP contribution in [0.5, 0.6) is 0 Å². The third-order valence-electron chi connectivity index (χ3n) is 3.72. The molecular formula is C16H19N3O3. The van der Waals surface area contributed by atoms with E-state index >= 15 is 0 Å². The number of rotatable bonds is 5. The Balaban J connectivity index is 2.30. The lowest BCUT2D eigenvalue weighted by molar-refractivity contribution is -0.552. The molecule has 22 heavy (non-hydrogen) atoms. The second-order valence-electron chi connectivity index (χ2n) is 5.43. The van der Waals surface area contributed by atoms with Crippen molar-refractivity contribution in [3.8, 4) is 0 Å². The van der Waals surface area contributed by atoms with E-state index in [1.54, 1.807) is 31.3 Å². The van der Waals surface area contributed by atoms with Gasteiger partial charge in [0, 0.05) is 30.2 Å². The summed E-state index contributed by atoms with van der Waals surface area (Å²) in [5.74, 6) is 1.19. The van der Waals surface area contributed by atoms with Gasteiger partial charge in [0.1, 0.15) is 11.6 Å². The fourth-order valence-electron chi connectivity index (χ4n) is 2.26. The summed E-state index contributed by atoms with van der Waals surface area (Å²) >= 11 is 0. The van der Waals surface area contributed by atoms with Gasteiger partial charge in [-0.3, -0.25) is 10.1 Å². The minimum atomic E-state index is -1.24. The maximum Gasteiger partial charge on any atom is 0.250 e. The van der Waals surface area contributed by atoms with Crippen molar-refractivity contribution in [3.05, 3.63) is 69.8 Å². The third kappa shape index (κ3) is 3.00. The molecule has 0 fully saturated rings. The van der Waals surface area contributed by atoms with Gasteiger partial charge in [0.25, 0.3) is 0 Å². The fraction of sp³-hybridized carbons (Fsp3) is 0.312. The van der Waals surface area contributed by atoms with E-state index < -0.39 is 5.54 Å². The predicted molar refractivity (Wildman–Crippen MR) is 84.9 cm³/mol. The number of aromatic nitrogens is 1. The first-order valence-corrected chi connectivity index (χ1v) is 6.86. The highest BCUT2D eigenvalue weighted by Gasteiger charge is 2.44. The van der Waals surface area contributed by atoms with Crippen molar-refractivity contribution < 1.29 is 9.66 Å². The quantitative estimate of drug-likeness (QED) is 0.667. The van der Waals surface area contributed by atoms with Gasteiger partial charge in [0.15, 0.2) is 0 Å². The van der Waals surface area contributed by atoms with Crippen molar-refractivity contribution in [3.63, 3.8) is 0 Å². The topological polar surface area (TPSA) is 77.3 Å². The van der Waals surface area contributed by atoms with Crippen molar-refractivity contribution in [2.75, 3.05) is 12.4 Å². The molecule has 0 bridgehead atoms. The van der Waals surface area contributed by atoms with Gasteiger partial charge in [-0.05, 0) is 30.7 Å². The minimum Gasteiger partial charge on any atom is -0.497 e. The van der Waals surface area contributed by atoms with Crippen molar-refractivity contribution in [2.24, 2.45) is 0 Å². The first-order valence-electron chi connectivity index (χ1n) is 6.86. The minimum absolute atomic E-state index is 0.247. The Morgan fingerprint density at radius 3 is 2.82 bits per heavy atom. The van der Waals surface area contributed by atoms with Gasteiger partial charge in [-0.1, -0.05) is 12.6 Å². The molecule has 0 spiro atoms. The van der Waals surface area contributed by atoms with Gasteiger partial charge in [-0.15, -0.1) is 0 Å². The number of allylic oxidation sites excluding steroid dienone is 1. The van der Waals surface area contributed by atoms with Crippen LogP contribution in [-0.4, -0.2) is 22.6 Å². The smallest absolute Gasteiger partial charge is 0.250 e. The number of nitro groups is 1. The van der Waals surface area contributed by atoms with Crippen LogP contribution in [0.15, 0.2) is 54.1 Å². The first-order chi connectivity index (χ1) is 10.4. The lowest BCUT2D eigenvalue weighted by atomic mass is 9.83. The van der Waals surface area contributed by atoms with Crippen LogP contribution in [0.3, 0.4) is 0 Å². The van der Waals surface area contributed by atoms with E-state index in [2.05, 4.69) is 16.9 Å². The summed E-state index contributed by atoms with van der Waals surface area (Å²) in [6, 6.07) is 3.71. The van der Waals surface area contributed by atoms with Crippen LogP contribution in [-0.2, 0) is 4.74 Å². The Morgan fingerprint density at radius 1 is 1.55 bits per heavy atom. The van der Waals surface area contributed by atoms with Crippen LogP contribution in [0.1, 0.15) is 18.9 Å². The number of aryl methyl sites for hydroxylation is 1. The standard InChI is InChI=1S/C16H19N3O3/c1-11-5-6-15(17-10-11)18-12(2)14-9-13(22-4)7-8-16(14,3)19(20)21/h5-7,9-10H,2,8H2,1,3-4H3,(H,17,18). The summed E-state index contributed by atoms with van der Waals surface area (Å²) in [6.45, 7) is 7.46. The number of nitrogens with zero attached hydrogens (tertiary/aromatic N) is 2. The summed E-state index contributed by atoms with van der Waals surface area (Å²) in [6.07, 6.45) is 5.33. The Kier molecular flexibility index (Phi) is 4.30. The molecule has 1 heterocycles. The molecule has 0 aliphatic heterocycles. The number of methoxy groups -OCH3 is 1. The van der Waals surface area contributed by atoms with Crippen LogP contribution >= 0.6 is 0 Å². The van der Waals surface area contributed by atoms with Gasteiger partial charge in [0.05, 0.1) is 12.7 Å². The molecule has 1 aromatic rings. The van der Waals surface area contributed by atoms with Crippen LogP contribution in [0.25, 0.3) is 0 Å². The van der Waals surface area contributed by atoms with Crippen molar-refractivity contribution in [1.29, 1.82) is 0 Å². The Bertz CT molecular complexity index is 662. The lowest BCUT2D eigenvalue weighted by Gasteiger charge is -2.28. The SMILES string of the molecule is C=C(Nc1ccc(C)cn1)C1=CC(OC)=CCC1(C)[N+](=O)[O-]. The maximum atomic E-state index is 11.5. The molecule has 116 valence electrons. The molecular weight excluding hydrogens is 282 g/mol. The number of hydrogen-bond donors (Lipinski definition) is 1. The maximum absolute atomic E-state index is 11.5. The fourth-order valence-corrected chi connectivity index (χ4v) is 2.26. The number of anilines is 1. The molecule has 6 nitrogen and oxygen atoms in total. The molecule has 2 rings (SSSR count). The van der Waals surface area contributed by atoms with E-state index in [0.29, 0.717) is 22.8 Å². The van der Waals surface area contributed by atoms with Crippen LogP contribution in [0.4, 0.5) is 5.82 Å². The highest BCUT2D eigenvalue weighted by atomic mass is 16.6. The van der Waals surface area contributed by atoms with Gasteiger partial charge in [-0.2, -0.15) is 0 Å². The predicted octanol–water partition coefficient (Wildman–Crippen LogP) is 3.21. The Labute approximate surface area is 129 Å². The first kappa shape index (κ1) is 15.8. The molecule has 1 aliphatic carbocycles. The molecule has 6 heteroatoms. The van der Waals surface area contributed by atoms with E-state index in [4.69, 9.17) is 4.74 Å². The van der Waals surface area contributed by atoms with Crippen LogP contribution < -0.4 is 5.32 Å². The number of ether oxygens (including phenoxy) is 1. The summed E-state index contributed by atoms with van der Waals surface area (Å²) in [7, 11) is 1.53. The number of nitrogens with one attached hydrogen (secondary N) is 1. The normalized spacial score (nSPS) is 20.7. The largest absolute Gasteiger partial charge is 0.497 e. The molecule has 1 aliphatic rings. The van der Waals surface area contributed by atoms with Crippen LogP contribution in [0, 0.1) is 17.0 Å². The summed E-state index contributed by atoms with van der Waals surface area (Å²) in [5.41, 5.74) is 0.724. The van der Waals surface area contributed by atoms with Gasteiger partial charge >= 0.3 is 0 Å². The zero-order chi connectivity index (χ0) is 16.3. The molecule has 0 amide bonds. The zero-order valence-corrected chi connectivity index (χ0v) is 12.9. The third-order valence-corrected chi connectivity index (χ3v) is 3.72. The highest BCUT2D eigenvalue weighted by molar-refractivity contribution is 5.53. The molecule has 1 unspecified atom stereocenters. The monoisotopic (exact) mass is 301 g/mol. The molecule has 1 atom stereocenters. The molecule has 1 N–H and O–H groups in total. The average molecular weight is 301 g/mol. The molecule has 0 saturated heterocycles. The van der Waals surface area contributed by atoms with E-state index in [9.17, 15) is 10.1 Å². The summed E-state index contributed by atoms with van der Waals surface area (Å²) < 4.78 is 5.19. The van der Waals surface area contributed by atoms with E-state index in [-0.39, 0.29) is 11.3 Å². The number of hydrogen-bond acceptors (Lipinski definition) is 5. The van der Waals surface area contributed by atoms with Crippen molar-refractivity contribution >= 4 is 5.82 Å². The van der Waals surface area contributed by atoms with E-state index in [1.807, 2.05) is 13.0 Å².